The van der Waals surface area contributed by atoms with E-state index in [1.54, 1.807) is 5.57 Å². The minimum atomic E-state index is -0.243. The third kappa shape index (κ3) is 3.71. The second-order valence-corrected chi connectivity index (χ2v) is 12.2. The van der Waals surface area contributed by atoms with Gasteiger partial charge in [0.15, 0.2) is 0 Å². The first-order chi connectivity index (χ1) is 14.2. The normalized spacial score (nSPS) is 46.2. The van der Waals surface area contributed by atoms with E-state index in [4.69, 9.17) is 0 Å². The highest BCUT2D eigenvalue weighted by Crippen LogP contribution is 2.67. The number of hydrogen-bond acceptors (Lipinski definition) is 3. The van der Waals surface area contributed by atoms with Crippen LogP contribution in [0.5, 0.6) is 0 Å². The molecule has 3 saturated carbocycles. The van der Waals surface area contributed by atoms with Crippen LogP contribution in [0.1, 0.15) is 91.9 Å². The molecule has 0 amide bonds. The number of allylic oxidation sites excluding steroid dienone is 1. The Hall–Kier alpha value is -0.380. The van der Waals surface area contributed by atoms with Crippen LogP contribution in [0.15, 0.2) is 11.6 Å². The van der Waals surface area contributed by atoms with E-state index in [1.807, 2.05) is 0 Å². The number of rotatable bonds is 6. The van der Waals surface area contributed by atoms with Gasteiger partial charge in [-0.3, -0.25) is 0 Å². The number of aliphatic hydroxyl groups excluding tert-OH is 3. The zero-order valence-electron chi connectivity index (χ0n) is 19.8. The molecular formula is C27H46O3. The highest BCUT2D eigenvalue weighted by Gasteiger charge is 2.59. The third-order valence-corrected chi connectivity index (χ3v) is 10.7. The lowest BCUT2D eigenvalue weighted by atomic mass is 9.47. The molecule has 3 unspecified atom stereocenters. The van der Waals surface area contributed by atoms with Crippen molar-refractivity contribution in [2.45, 2.75) is 104 Å². The van der Waals surface area contributed by atoms with E-state index in [0.29, 0.717) is 22.7 Å². The minimum absolute atomic E-state index is 0.124. The summed E-state index contributed by atoms with van der Waals surface area (Å²) in [6, 6.07) is 0. The molecule has 0 saturated heterocycles. The van der Waals surface area contributed by atoms with Gasteiger partial charge < -0.3 is 15.3 Å². The van der Waals surface area contributed by atoms with E-state index < -0.39 is 0 Å². The van der Waals surface area contributed by atoms with Gasteiger partial charge in [-0.2, -0.15) is 0 Å². The van der Waals surface area contributed by atoms with Crippen LogP contribution in [0.2, 0.25) is 0 Å². The van der Waals surface area contributed by atoms with Crippen LogP contribution in [-0.2, 0) is 0 Å². The van der Waals surface area contributed by atoms with Crippen LogP contribution in [0, 0.1) is 46.3 Å². The Morgan fingerprint density at radius 2 is 1.80 bits per heavy atom. The van der Waals surface area contributed by atoms with Gasteiger partial charge in [0.25, 0.3) is 0 Å². The minimum Gasteiger partial charge on any atom is -0.396 e. The monoisotopic (exact) mass is 418 g/mol. The number of fused-ring (bicyclic) bond motifs is 5. The van der Waals surface area contributed by atoms with Crippen LogP contribution in [-0.4, -0.2) is 34.1 Å². The van der Waals surface area contributed by atoms with Gasteiger partial charge in [0, 0.05) is 6.61 Å². The van der Waals surface area contributed by atoms with E-state index >= 15 is 0 Å². The molecule has 172 valence electrons. The Labute approximate surface area is 184 Å². The van der Waals surface area contributed by atoms with Gasteiger partial charge >= 0.3 is 0 Å². The van der Waals surface area contributed by atoms with Gasteiger partial charge in [-0.15, -0.1) is 0 Å². The standard InChI is InChI=1S/C27H46O3/c1-17(16-28)5-10-25(30)18(2)22-8-9-23-21-7-6-19-15-20(29)11-13-26(19,3)24(21)12-14-27(22,23)4/h6,17-18,20-25,28-30H,5,7-16H2,1-4H3/t17?,18-,20?,21-,22+,23-,24-,25?,26-,27+/m0/s1. The molecule has 0 spiro atoms. The highest BCUT2D eigenvalue weighted by molar-refractivity contribution is 5.25. The van der Waals surface area contributed by atoms with Gasteiger partial charge in [-0.1, -0.05) is 39.3 Å². The van der Waals surface area contributed by atoms with Crippen molar-refractivity contribution in [2.75, 3.05) is 6.61 Å². The van der Waals surface area contributed by atoms with Crippen molar-refractivity contribution in [1.29, 1.82) is 0 Å². The molecule has 3 N–H and O–H groups in total. The molecule has 0 bridgehead atoms. The lowest BCUT2D eigenvalue weighted by Crippen LogP contribution is -2.51. The maximum Gasteiger partial charge on any atom is 0.0577 e. The van der Waals surface area contributed by atoms with Crippen molar-refractivity contribution in [3.8, 4) is 0 Å². The lowest BCUT2D eigenvalue weighted by Gasteiger charge is -2.58. The van der Waals surface area contributed by atoms with E-state index in [1.165, 1.54) is 32.1 Å². The SMILES string of the molecule is CC(CO)CCC(O)[C@@H](C)[C@H]1CC[C@H]2[C@@H]3CC=C4CC(O)CC[C@]4(C)[C@H]3CC[C@]12C. The Balaban J connectivity index is 1.49. The second-order valence-electron chi connectivity index (χ2n) is 12.2. The van der Waals surface area contributed by atoms with E-state index in [0.717, 1.165) is 49.9 Å². The Kier molecular flexibility index (Phi) is 6.48. The van der Waals surface area contributed by atoms with Gasteiger partial charge in [-0.25, -0.2) is 0 Å². The largest absolute Gasteiger partial charge is 0.396 e. The average molecular weight is 419 g/mol. The first-order valence-electron chi connectivity index (χ1n) is 12.9. The fourth-order valence-electron chi connectivity index (χ4n) is 8.62. The van der Waals surface area contributed by atoms with Gasteiger partial charge in [0.1, 0.15) is 0 Å². The second kappa shape index (κ2) is 8.52. The molecule has 4 rings (SSSR count). The summed E-state index contributed by atoms with van der Waals surface area (Å²) in [5.41, 5.74) is 2.23. The zero-order valence-corrected chi connectivity index (χ0v) is 19.8. The van der Waals surface area contributed by atoms with Gasteiger partial charge in [0.05, 0.1) is 12.2 Å². The van der Waals surface area contributed by atoms with Crippen LogP contribution in [0.25, 0.3) is 0 Å². The van der Waals surface area contributed by atoms with E-state index in [9.17, 15) is 15.3 Å². The van der Waals surface area contributed by atoms with Crippen molar-refractivity contribution < 1.29 is 15.3 Å². The summed E-state index contributed by atoms with van der Waals surface area (Å²) in [6.45, 7) is 9.64. The van der Waals surface area contributed by atoms with Crippen molar-refractivity contribution in [3.05, 3.63) is 11.6 Å². The van der Waals surface area contributed by atoms with Crippen LogP contribution in [0.4, 0.5) is 0 Å². The molecule has 0 aromatic carbocycles. The van der Waals surface area contributed by atoms with Crippen LogP contribution >= 0.6 is 0 Å². The quantitative estimate of drug-likeness (QED) is 0.511. The molecule has 3 heteroatoms. The Morgan fingerprint density at radius 1 is 1.03 bits per heavy atom. The summed E-state index contributed by atoms with van der Waals surface area (Å²) in [6.07, 6.45) is 13.4. The fraction of sp³-hybridized carbons (Fsp3) is 0.926. The highest BCUT2D eigenvalue weighted by atomic mass is 16.3. The van der Waals surface area contributed by atoms with Crippen molar-refractivity contribution in [2.24, 2.45) is 46.3 Å². The molecule has 3 nitrogen and oxygen atoms in total. The van der Waals surface area contributed by atoms with Crippen molar-refractivity contribution >= 4 is 0 Å². The molecule has 10 atom stereocenters. The molecule has 0 aromatic rings. The first kappa shape index (κ1) is 22.8. The van der Waals surface area contributed by atoms with Crippen molar-refractivity contribution in [1.82, 2.24) is 0 Å². The first-order valence-corrected chi connectivity index (χ1v) is 12.9. The third-order valence-electron chi connectivity index (χ3n) is 10.7. The van der Waals surface area contributed by atoms with E-state index in [2.05, 4.69) is 33.8 Å². The molecule has 4 aliphatic carbocycles. The number of aliphatic hydroxyl groups is 3. The maximum absolute atomic E-state index is 11.0. The molecule has 0 aliphatic heterocycles. The molecule has 30 heavy (non-hydrogen) atoms. The fourth-order valence-corrected chi connectivity index (χ4v) is 8.62. The maximum atomic E-state index is 11.0. The summed E-state index contributed by atoms with van der Waals surface area (Å²) >= 11 is 0. The molecule has 4 aliphatic rings. The van der Waals surface area contributed by atoms with Crippen molar-refractivity contribution in [3.63, 3.8) is 0 Å². The van der Waals surface area contributed by atoms with Crippen LogP contribution < -0.4 is 0 Å². The molecule has 0 heterocycles. The summed E-state index contributed by atoms with van der Waals surface area (Å²) < 4.78 is 0. The number of hydrogen-bond donors (Lipinski definition) is 3. The summed E-state index contributed by atoms with van der Waals surface area (Å²) in [5, 5.41) is 30.5. The molecule has 0 aromatic heterocycles. The average Bonchev–Trinajstić information content (AvgIpc) is 3.08. The predicted octanol–water partition coefficient (Wildman–Crippen LogP) is 5.33. The smallest absolute Gasteiger partial charge is 0.0577 e. The van der Waals surface area contributed by atoms with Crippen LogP contribution in [0.3, 0.4) is 0 Å². The topological polar surface area (TPSA) is 60.7 Å². The lowest BCUT2D eigenvalue weighted by molar-refractivity contribution is -0.0683. The Bertz CT molecular complexity index is 644. The molecular weight excluding hydrogens is 372 g/mol. The zero-order chi connectivity index (χ0) is 21.7. The predicted molar refractivity (Wildman–Crippen MR) is 122 cm³/mol. The summed E-state index contributed by atoms with van der Waals surface area (Å²) in [5.74, 6) is 3.61. The summed E-state index contributed by atoms with van der Waals surface area (Å²) in [4.78, 5) is 0. The van der Waals surface area contributed by atoms with E-state index in [-0.39, 0.29) is 24.7 Å². The van der Waals surface area contributed by atoms with Gasteiger partial charge in [0.2, 0.25) is 0 Å². The Morgan fingerprint density at radius 3 is 2.53 bits per heavy atom. The summed E-state index contributed by atoms with van der Waals surface area (Å²) in [7, 11) is 0. The molecule has 0 radical (unpaired) electrons. The van der Waals surface area contributed by atoms with Gasteiger partial charge in [-0.05, 0) is 111 Å². The molecule has 3 fully saturated rings.